The van der Waals surface area contributed by atoms with Gasteiger partial charge in [-0.2, -0.15) is 4.98 Å². The number of rotatable bonds is 5. The molecule has 0 saturated carbocycles. The average Bonchev–Trinajstić information content (AvgIpc) is 3.23. The molecule has 4 rings (SSSR count). The minimum Gasteiger partial charge on any atom is -0.359 e. The summed E-state index contributed by atoms with van der Waals surface area (Å²) in [5.74, 6) is -1.21. The molecule has 0 aliphatic carbocycles. The highest BCUT2D eigenvalue weighted by Crippen LogP contribution is 2.29. The van der Waals surface area contributed by atoms with Gasteiger partial charge in [-0.1, -0.05) is 22.9 Å². The van der Waals surface area contributed by atoms with Gasteiger partial charge in [0.05, 0.1) is 10.9 Å². The molecule has 2 N–H and O–H groups in total. The third kappa shape index (κ3) is 4.58. The normalized spacial score (nSPS) is 16.2. The summed E-state index contributed by atoms with van der Waals surface area (Å²) in [6, 6.07) is 3.81. The van der Waals surface area contributed by atoms with Crippen LogP contribution in [0.5, 0.6) is 0 Å². The molecule has 1 aromatic carbocycles. The third-order valence-electron chi connectivity index (χ3n) is 5.20. The number of amides is 2. The zero-order chi connectivity index (χ0) is 22.8. The van der Waals surface area contributed by atoms with Gasteiger partial charge in [-0.25, -0.2) is 9.37 Å². The fraction of sp³-hybridized carbons (Fsp3) is 0.350. The van der Waals surface area contributed by atoms with E-state index in [-0.39, 0.29) is 29.0 Å². The van der Waals surface area contributed by atoms with E-state index in [1.807, 2.05) is 4.90 Å². The molecule has 0 spiro atoms. The number of carbonyl (C=O) groups is 2. The van der Waals surface area contributed by atoms with Gasteiger partial charge >= 0.3 is 0 Å². The number of hydrogen-bond donors (Lipinski definition) is 2. The van der Waals surface area contributed by atoms with Crippen LogP contribution in [0.25, 0.3) is 10.3 Å². The molecule has 2 aromatic heterocycles. The zero-order valence-electron chi connectivity index (χ0n) is 17.1. The molecule has 168 valence electrons. The number of fused-ring (bicyclic) bond motifs is 1. The zero-order valence-corrected chi connectivity index (χ0v) is 18.7. The van der Waals surface area contributed by atoms with Crippen molar-refractivity contribution in [3.05, 3.63) is 45.7 Å². The summed E-state index contributed by atoms with van der Waals surface area (Å²) in [4.78, 5) is 47.9. The van der Waals surface area contributed by atoms with Crippen LogP contribution < -0.4 is 21.1 Å². The van der Waals surface area contributed by atoms with E-state index >= 15 is 0 Å². The van der Waals surface area contributed by atoms with E-state index in [1.54, 1.807) is 7.05 Å². The van der Waals surface area contributed by atoms with Gasteiger partial charge in [0.15, 0.2) is 10.8 Å². The van der Waals surface area contributed by atoms with Crippen LogP contribution in [-0.4, -0.2) is 46.5 Å². The van der Waals surface area contributed by atoms with E-state index in [9.17, 15) is 18.8 Å². The molecule has 9 nitrogen and oxygen atoms in total. The number of anilines is 2. The van der Waals surface area contributed by atoms with Crippen LogP contribution >= 0.6 is 22.9 Å². The quantitative estimate of drug-likeness (QED) is 0.582. The number of hydrogen-bond acceptors (Lipinski definition) is 7. The first-order valence-electron chi connectivity index (χ1n) is 9.93. The van der Waals surface area contributed by atoms with Gasteiger partial charge < -0.3 is 15.5 Å². The Kier molecular flexibility index (Phi) is 6.38. The molecule has 3 heterocycles. The molecule has 2 amide bonds. The van der Waals surface area contributed by atoms with E-state index in [2.05, 4.69) is 20.6 Å². The molecule has 1 aliphatic rings. The Morgan fingerprint density at radius 1 is 1.38 bits per heavy atom. The summed E-state index contributed by atoms with van der Waals surface area (Å²) in [5, 5.41) is 5.77. The van der Waals surface area contributed by atoms with Crippen molar-refractivity contribution < 1.29 is 14.0 Å². The lowest BCUT2D eigenvalue weighted by atomic mass is 9.98. The smallest absolute Gasteiger partial charge is 0.273 e. The van der Waals surface area contributed by atoms with Crippen molar-refractivity contribution >= 4 is 55.9 Å². The SMILES string of the molecule is CNC(=O)[C@H]1CCCN(c2nc3ncn(CC(=O)Nc4ccc(F)c(Cl)c4)c(=O)c3s2)C1. The number of halogens is 2. The van der Waals surface area contributed by atoms with Crippen LogP contribution in [0.2, 0.25) is 5.02 Å². The Bertz CT molecular complexity index is 1250. The number of carbonyl (C=O) groups excluding carboxylic acids is 2. The first-order valence-corrected chi connectivity index (χ1v) is 11.1. The van der Waals surface area contributed by atoms with Crippen molar-refractivity contribution in [1.82, 2.24) is 19.9 Å². The minimum atomic E-state index is -0.591. The Morgan fingerprint density at radius 2 is 2.19 bits per heavy atom. The topological polar surface area (TPSA) is 109 Å². The molecule has 1 fully saturated rings. The second-order valence-electron chi connectivity index (χ2n) is 7.40. The molecule has 1 atom stereocenters. The van der Waals surface area contributed by atoms with Crippen LogP contribution in [-0.2, 0) is 16.1 Å². The summed E-state index contributed by atoms with van der Waals surface area (Å²) in [6.07, 6.45) is 2.93. The second kappa shape index (κ2) is 9.21. The van der Waals surface area contributed by atoms with Crippen LogP contribution in [0.4, 0.5) is 15.2 Å². The lowest BCUT2D eigenvalue weighted by Gasteiger charge is -2.31. The van der Waals surface area contributed by atoms with Crippen molar-refractivity contribution in [3.63, 3.8) is 0 Å². The summed E-state index contributed by atoms with van der Waals surface area (Å²) in [6.45, 7) is 0.993. The molecule has 3 aromatic rings. The van der Waals surface area contributed by atoms with Gasteiger partial charge in [-0.05, 0) is 31.0 Å². The molecule has 12 heteroatoms. The van der Waals surface area contributed by atoms with Gasteiger partial charge in [0.2, 0.25) is 11.8 Å². The van der Waals surface area contributed by atoms with E-state index in [0.29, 0.717) is 27.7 Å². The monoisotopic (exact) mass is 478 g/mol. The van der Waals surface area contributed by atoms with Crippen molar-refractivity contribution in [3.8, 4) is 0 Å². The number of piperidine rings is 1. The molecule has 0 radical (unpaired) electrons. The standard InChI is InChI=1S/C20H20ClFN6O3S/c1-23-18(30)11-3-2-6-27(8-11)20-26-17-16(32-20)19(31)28(10-24-17)9-15(29)25-12-4-5-14(22)13(21)7-12/h4-5,7,10-11H,2-3,6,8-9H2,1H3,(H,23,30)(H,25,29)/t11-/m0/s1. The molecule has 0 bridgehead atoms. The summed E-state index contributed by atoms with van der Waals surface area (Å²) in [7, 11) is 1.62. The first kappa shape index (κ1) is 22.2. The molecule has 32 heavy (non-hydrogen) atoms. The highest BCUT2D eigenvalue weighted by Gasteiger charge is 2.27. The van der Waals surface area contributed by atoms with E-state index in [0.717, 1.165) is 25.5 Å². The summed E-state index contributed by atoms with van der Waals surface area (Å²) >= 11 is 6.92. The van der Waals surface area contributed by atoms with Crippen molar-refractivity contribution in [2.75, 3.05) is 30.4 Å². The van der Waals surface area contributed by atoms with Crippen LogP contribution in [0, 0.1) is 11.7 Å². The highest BCUT2D eigenvalue weighted by atomic mass is 35.5. The number of aromatic nitrogens is 3. The summed E-state index contributed by atoms with van der Waals surface area (Å²) < 4.78 is 14.8. The Morgan fingerprint density at radius 3 is 2.94 bits per heavy atom. The molecule has 0 unspecified atom stereocenters. The van der Waals surface area contributed by atoms with Gasteiger partial charge in [0.25, 0.3) is 5.56 Å². The largest absolute Gasteiger partial charge is 0.359 e. The predicted octanol–water partition coefficient (Wildman–Crippen LogP) is 2.25. The lowest BCUT2D eigenvalue weighted by Crippen LogP contribution is -2.42. The number of nitrogens with zero attached hydrogens (tertiary/aromatic N) is 4. The Hall–Kier alpha value is -3.05. The average molecular weight is 479 g/mol. The van der Waals surface area contributed by atoms with Gasteiger partial charge in [0, 0.05) is 25.8 Å². The highest BCUT2D eigenvalue weighted by molar-refractivity contribution is 7.22. The predicted molar refractivity (Wildman–Crippen MR) is 121 cm³/mol. The Balaban J connectivity index is 1.51. The maximum atomic E-state index is 13.3. The molecular weight excluding hydrogens is 459 g/mol. The van der Waals surface area contributed by atoms with Crippen molar-refractivity contribution in [2.24, 2.45) is 5.92 Å². The number of nitrogens with one attached hydrogen (secondary N) is 2. The van der Waals surface area contributed by atoms with Crippen molar-refractivity contribution in [2.45, 2.75) is 19.4 Å². The Labute approximate surface area is 191 Å². The van der Waals surface area contributed by atoms with E-state index in [4.69, 9.17) is 11.6 Å². The fourth-order valence-corrected chi connectivity index (χ4v) is 4.77. The third-order valence-corrected chi connectivity index (χ3v) is 6.58. The lowest BCUT2D eigenvalue weighted by molar-refractivity contribution is -0.124. The molecule has 1 saturated heterocycles. The van der Waals surface area contributed by atoms with Crippen LogP contribution in [0.3, 0.4) is 0 Å². The van der Waals surface area contributed by atoms with Gasteiger partial charge in [-0.15, -0.1) is 0 Å². The maximum Gasteiger partial charge on any atom is 0.273 e. The van der Waals surface area contributed by atoms with Crippen LogP contribution in [0.15, 0.2) is 29.3 Å². The summed E-state index contributed by atoms with van der Waals surface area (Å²) in [5.41, 5.74) is 0.240. The van der Waals surface area contributed by atoms with E-state index < -0.39 is 11.7 Å². The first-order chi connectivity index (χ1) is 15.4. The fourth-order valence-electron chi connectivity index (χ4n) is 3.58. The van der Waals surface area contributed by atoms with Crippen LogP contribution in [0.1, 0.15) is 12.8 Å². The molecule has 1 aliphatic heterocycles. The van der Waals surface area contributed by atoms with Gasteiger partial charge in [0.1, 0.15) is 23.4 Å². The second-order valence-corrected chi connectivity index (χ2v) is 8.79. The minimum absolute atomic E-state index is 0.00949. The maximum absolute atomic E-state index is 13.3. The van der Waals surface area contributed by atoms with E-state index in [1.165, 1.54) is 34.4 Å². The van der Waals surface area contributed by atoms with Gasteiger partial charge in [-0.3, -0.25) is 19.0 Å². The van der Waals surface area contributed by atoms with Crippen molar-refractivity contribution in [1.29, 1.82) is 0 Å². The number of benzene rings is 1. The molecular formula is C20H20ClFN6O3S. The number of thiazole rings is 1.